The molecule has 3 rings (SSSR count). The van der Waals surface area contributed by atoms with Crippen LogP contribution in [0.5, 0.6) is 0 Å². The highest BCUT2D eigenvalue weighted by Gasteiger charge is 2.45. The number of carboxylic acid groups (broad SMARTS) is 1. The molecule has 7 nitrogen and oxygen atoms in total. The second-order valence-electron chi connectivity index (χ2n) is 5.07. The number of nitrogens with two attached hydrogens (primary N) is 1. The van der Waals surface area contributed by atoms with Crippen LogP contribution < -0.4 is 11.2 Å². The van der Waals surface area contributed by atoms with E-state index in [2.05, 4.69) is 31.2 Å². The molecule has 1 fully saturated rings. The third-order valence-corrected chi connectivity index (χ3v) is 4.62. The molecule has 0 amide bonds. The van der Waals surface area contributed by atoms with Gasteiger partial charge in [0.1, 0.15) is 17.9 Å². The second-order valence-corrected chi connectivity index (χ2v) is 5.78. The molecule has 0 saturated carbocycles. The SMILES string of the molecule is N[N+]12C=CN=CC1=C(C1CCNC(C(=O)O)C1)N=C2Br. The molecule has 0 aromatic rings. The maximum absolute atomic E-state index is 11.1. The smallest absolute Gasteiger partial charge is 0.320 e. The molecular weight excluding hydrogens is 326 g/mol. The third kappa shape index (κ3) is 2.05. The quantitative estimate of drug-likeness (QED) is 0.390. The maximum atomic E-state index is 11.1. The lowest BCUT2D eigenvalue weighted by Crippen LogP contribution is -2.50. The van der Waals surface area contributed by atoms with Crippen LogP contribution in [-0.4, -0.2) is 39.2 Å². The molecular formula is C12H15BrN5O2+. The van der Waals surface area contributed by atoms with Gasteiger partial charge >= 0.3 is 10.7 Å². The highest BCUT2D eigenvalue weighted by molar-refractivity contribution is 9.18. The molecule has 1 saturated heterocycles. The van der Waals surface area contributed by atoms with Crippen LogP contribution in [0.3, 0.4) is 0 Å². The predicted octanol–water partition coefficient (Wildman–Crippen LogP) is 0.661. The summed E-state index contributed by atoms with van der Waals surface area (Å²) in [4.78, 5) is 19.8. The van der Waals surface area contributed by atoms with Gasteiger partial charge in [0.15, 0.2) is 0 Å². The van der Waals surface area contributed by atoms with Crippen molar-refractivity contribution in [3.8, 4) is 0 Å². The van der Waals surface area contributed by atoms with Crippen LogP contribution in [0.25, 0.3) is 0 Å². The summed E-state index contributed by atoms with van der Waals surface area (Å²) in [6.07, 6.45) is 6.42. The molecule has 0 radical (unpaired) electrons. The van der Waals surface area contributed by atoms with Crippen LogP contribution in [0.1, 0.15) is 12.8 Å². The van der Waals surface area contributed by atoms with E-state index < -0.39 is 12.0 Å². The van der Waals surface area contributed by atoms with Crippen LogP contribution >= 0.6 is 15.9 Å². The molecule has 3 aliphatic rings. The van der Waals surface area contributed by atoms with Gasteiger partial charge in [-0.2, -0.15) is 10.8 Å². The average Bonchev–Trinajstić information content (AvgIpc) is 2.71. The highest BCUT2D eigenvalue weighted by Crippen LogP contribution is 2.37. The molecule has 0 aromatic heterocycles. The van der Waals surface area contributed by atoms with Gasteiger partial charge in [0.25, 0.3) is 0 Å². The number of carboxylic acids is 1. The monoisotopic (exact) mass is 340 g/mol. The topological polar surface area (TPSA) is 100 Å². The minimum atomic E-state index is -0.827. The van der Waals surface area contributed by atoms with Crippen molar-refractivity contribution in [1.82, 2.24) is 5.32 Å². The fraction of sp³-hybridized carbons (Fsp3) is 0.417. The number of nitrogens with one attached hydrogen (secondary N) is 1. The zero-order valence-corrected chi connectivity index (χ0v) is 12.2. The summed E-state index contributed by atoms with van der Waals surface area (Å²) < 4.78 is 0.566. The lowest BCUT2D eigenvalue weighted by atomic mass is 9.89. The first-order valence-corrected chi connectivity index (χ1v) is 7.15. The van der Waals surface area contributed by atoms with E-state index in [4.69, 9.17) is 10.9 Å². The van der Waals surface area contributed by atoms with Gasteiger partial charge in [0, 0.05) is 21.8 Å². The van der Waals surface area contributed by atoms with Crippen molar-refractivity contribution in [2.45, 2.75) is 18.9 Å². The fourth-order valence-electron chi connectivity index (χ4n) is 2.74. The Morgan fingerprint density at radius 1 is 1.60 bits per heavy atom. The van der Waals surface area contributed by atoms with Gasteiger partial charge in [-0.1, -0.05) is 0 Å². The van der Waals surface area contributed by atoms with E-state index in [1.54, 1.807) is 18.6 Å². The Balaban J connectivity index is 1.94. The Kier molecular flexibility index (Phi) is 3.33. The Bertz CT molecular complexity index is 582. The van der Waals surface area contributed by atoms with Gasteiger partial charge in [-0.15, -0.1) is 4.59 Å². The average molecular weight is 341 g/mol. The fourth-order valence-corrected chi connectivity index (χ4v) is 3.24. The van der Waals surface area contributed by atoms with E-state index in [0.29, 0.717) is 17.7 Å². The van der Waals surface area contributed by atoms with Crippen LogP contribution in [0.15, 0.2) is 33.8 Å². The van der Waals surface area contributed by atoms with Crippen LogP contribution in [0, 0.1) is 5.92 Å². The molecule has 3 heterocycles. The number of hydrogen-bond donors (Lipinski definition) is 3. The zero-order valence-electron chi connectivity index (χ0n) is 10.7. The second kappa shape index (κ2) is 4.88. The summed E-state index contributed by atoms with van der Waals surface area (Å²) in [7, 11) is 0. The molecule has 3 unspecified atom stereocenters. The van der Waals surface area contributed by atoms with Crippen molar-refractivity contribution < 1.29 is 14.5 Å². The Labute approximate surface area is 124 Å². The van der Waals surface area contributed by atoms with E-state index in [0.717, 1.165) is 17.8 Å². The largest absolute Gasteiger partial charge is 0.480 e. The number of nitrogens with zero attached hydrogens (tertiary/aromatic N) is 3. The van der Waals surface area contributed by atoms with Crippen molar-refractivity contribution in [2.75, 3.05) is 6.54 Å². The molecule has 0 aromatic carbocycles. The van der Waals surface area contributed by atoms with Gasteiger partial charge in [-0.3, -0.25) is 9.79 Å². The molecule has 0 aliphatic carbocycles. The first kappa shape index (κ1) is 13.6. The molecule has 0 bridgehead atoms. The lowest BCUT2D eigenvalue weighted by Gasteiger charge is -2.28. The molecule has 106 valence electrons. The summed E-state index contributed by atoms with van der Waals surface area (Å²) >= 11 is 3.40. The standard InChI is InChI=1S/C12H14BrN5O2/c13-12-17-10(9-6-15-3-4-18(9,12)14)7-1-2-16-8(5-7)11(19)20/h3-4,6-8,16H,1-2,5,14H2/p+1. The molecule has 3 aliphatic heterocycles. The molecule has 3 atom stereocenters. The van der Waals surface area contributed by atoms with Crippen molar-refractivity contribution in [3.63, 3.8) is 0 Å². The van der Waals surface area contributed by atoms with E-state index in [9.17, 15) is 4.79 Å². The number of aliphatic carboxylic acids is 1. The maximum Gasteiger partial charge on any atom is 0.320 e. The molecule has 0 spiro atoms. The minimum absolute atomic E-state index is 0.0273. The summed E-state index contributed by atoms with van der Waals surface area (Å²) in [6, 6.07) is -0.535. The van der Waals surface area contributed by atoms with Gasteiger partial charge in [-0.25, -0.2) is 0 Å². The minimum Gasteiger partial charge on any atom is -0.480 e. The Morgan fingerprint density at radius 2 is 2.40 bits per heavy atom. The molecule has 8 heteroatoms. The number of carbonyl (C=O) groups is 1. The van der Waals surface area contributed by atoms with E-state index in [1.807, 2.05) is 0 Å². The van der Waals surface area contributed by atoms with Gasteiger partial charge in [0.05, 0.1) is 12.4 Å². The van der Waals surface area contributed by atoms with E-state index in [-0.39, 0.29) is 10.5 Å². The Morgan fingerprint density at radius 3 is 3.15 bits per heavy atom. The van der Waals surface area contributed by atoms with Crippen molar-refractivity contribution in [1.29, 1.82) is 0 Å². The van der Waals surface area contributed by atoms with Gasteiger partial charge in [0.2, 0.25) is 5.70 Å². The molecule has 20 heavy (non-hydrogen) atoms. The first-order valence-electron chi connectivity index (χ1n) is 6.36. The van der Waals surface area contributed by atoms with E-state index >= 15 is 0 Å². The van der Waals surface area contributed by atoms with Gasteiger partial charge in [-0.05, 0) is 19.4 Å². The van der Waals surface area contributed by atoms with Crippen molar-refractivity contribution in [2.24, 2.45) is 21.7 Å². The third-order valence-electron chi connectivity index (χ3n) is 3.85. The number of allylic oxidation sites excluding steroid dienone is 2. The predicted molar refractivity (Wildman–Crippen MR) is 77.6 cm³/mol. The number of hydrogen-bond acceptors (Lipinski definition) is 5. The first-order chi connectivity index (χ1) is 9.52. The molecule has 4 N–H and O–H groups in total. The number of amidine groups is 1. The van der Waals surface area contributed by atoms with E-state index in [1.165, 1.54) is 0 Å². The van der Waals surface area contributed by atoms with Crippen molar-refractivity contribution in [3.05, 3.63) is 23.8 Å². The van der Waals surface area contributed by atoms with Crippen molar-refractivity contribution >= 4 is 32.9 Å². The summed E-state index contributed by atoms with van der Waals surface area (Å²) in [6.45, 7) is 0.656. The van der Waals surface area contributed by atoms with Gasteiger partial charge < -0.3 is 10.4 Å². The lowest BCUT2D eigenvalue weighted by molar-refractivity contribution is -0.746. The summed E-state index contributed by atoms with van der Waals surface area (Å²) in [5.41, 5.74) is 1.63. The normalized spacial score (nSPS) is 36.0. The number of quaternary nitrogens is 1. The number of halogens is 1. The zero-order chi connectivity index (χ0) is 14.3. The van der Waals surface area contributed by atoms with Crippen LogP contribution in [0.4, 0.5) is 0 Å². The number of fused-ring (bicyclic) bond motifs is 1. The number of rotatable bonds is 2. The van der Waals surface area contributed by atoms with Crippen LogP contribution in [0.2, 0.25) is 0 Å². The number of piperidine rings is 1. The Hall–Kier alpha value is -1.35. The summed E-state index contributed by atoms with van der Waals surface area (Å²) in [5.74, 6) is 5.54. The highest BCUT2D eigenvalue weighted by atomic mass is 79.9. The summed E-state index contributed by atoms with van der Waals surface area (Å²) in [5, 5.41) is 12.1. The van der Waals surface area contributed by atoms with Crippen LogP contribution in [-0.2, 0) is 4.79 Å². The number of aliphatic imine (C=N–C) groups is 2.